The molecule has 0 aliphatic heterocycles. The second kappa shape index (κ2) is 8.20. The first-order chi connectivity index (χ1) is 14.4. The summed E-state index contributed by atoms with van der Waals surface area (Å²) in [6.07, 6.45) is 7.91. The molecular formula is C22H16ClF2N3O2. The third-order valence-electron chi connectivity index (χ3n) is 4.90. The number of rotatable bonds is 4. The van der Waals surface area contributed by atoms with E-state index in [1.807, 2.05) is 0 Å². The van der Waals surface area contributed by atoms with Gasteiger partial charge in [0, 0.05) is 29.9 Å². The molecule has 3 aromatic rings. The van der Waals surface area contributed by atoms with E-state index in [-0.39, 0.29) is 33.6 Å². The smallest absolute Gasteiger partial charge is 0.253 e. The maximum absolute atomic E-state index is 14.5. The highest BCUT2D eigenvalue weighted by Gasteiger charge is 2.21. The minimum atomic E-state index is -0.699. The Hall–Kier alpha value is -3.32. The molecule has 0 saturated heterocycles. The summed E-state index contributed by atoms with van der Waals surface area (Å²) in [6, 6.07) is 6.07. The number of pyridine rings is 2. The van der Waals surface area contributed by atoms with Crippen molar-refractivity contribution in [3.05, 3.63) is 99.1 Å². The van der Waals surface area contributed by atoms with Crippen molar-refractivity contribution in [1.82, 2.24) is 14.9 Å². The predicted molar refractivity (Wildman–Crippen MR) is 111 cm³/mol. The van der Waals surface area contributed by atoms with E-state index in [1.165, 1.54) is 48.8 Å². The Morgan fingerprint density at radius 1 is 1.27 bits per heavy atom. The summed E-state index contributed by atoms with van der Waals surface area (Å²) in [6.45, 7) is -0.0818. The molecule has 0 bridgehead atoms. The SMILES string of the molecule is O=C(NCc1cn(C2CC=CC=C2F)c2cc(F)ccc2c1=O)c1ccc(Cl)nc1. The highest BCUT2D eigenvalue weighted by atomic mass is 35.5. The van der Waals surface area contributed by atoms with Crippen molar-refractivity contribution in [2.45, 2.75) is 19.0 Å². The Morgan fingerprint density at radius 2 is 2.10 bits per heavy atom. The Balaban J connectivity index is 1.72. The minimum Gasteiger partial charge on any atom is -0.348 e. The number of nitrogens with one attached hydrogen (secondary N) is 1. The van der Waals surface area contributed by atoms with E-state index in [2.05, 4.69) is 10.3 Å². The van der Waals surface area contributed by atoms with Gasteiger partial charge in [0.25, 0.3) is 5.91 Å². The van der Waals surface area contributed by atoms with E-state index in [4.69, 9.17) is 11.6 Å². The molecule has 1 N–H and O–H groups in total. The van der Waals surface area contributed by atoms with Crippen LogP contribution in [0.25, 0.3) is 10.9 Å². The van der Waals surface area contributed by atoms with Gasteiger partial charge in [0.1, 0.15) is 16.8 Å². The van der Waals surface area contributed by atoms with Crippen molar-refractivity contribution in [3.63, 3.8) is 0 Å². The van der Waals surface area contributed by atoms with Crippen molar-refractivity contribution < 1.29 is 13.6 Å². The molecule has 1 aliphatic carbocycles. The third kappa shape index (κ3) is 3.89. The fourth-order valence-corrected chi connectivity index (χ4v) is 3.50. The number of fused-ring (bicyclic) bond motifs is 1. The van der Waals surface area contributed by atoms with Crippen LogP contribution in [0.4, 0.5) is 8.78 Å². The zero-order chi connectivity index (χ0) is 21.3. The predicted octanol–water partition coefficient (Wildman–Crippen LogP) is 4.47. The number of hydrogen-bond donors (Lipinski definition) is 1. The number of nitrogens with zero attached hydrogens (tertiary/aromatic N) is 2. The summed E-state index contributed by atoms with van der Waals surface area (Å²) in [5, 5.41) is 3.17. The van der Waals surface area contributed by atoms with Gasteiger partial charge in [0.15, 0.2) is 5.43 Å². The van der Waals surface area contributed by atoms with Gasteiger partial charge in [0.2, 0.25) is 0 Å². The first-order valence-electron chi connectivity index (χ1n) is 9.19. The fourth-order valence-electron chi connectivity index (χ4n) is 3.39. The Kier molecular flexibility index (Phi) is 5.46. The average Bonchev–Trinajstić information content (AvgIpc) is 2.74. The lowest BCUT2D eigenvalue weighted by Gasteiger charge is -2.23. The topological polar surface area (TPSA) is 64.0 Å². The van der Waals surface area contributed by atoms with Crippen LogP contribution in [-0.2, 0) is 6.54 Å². The second-order valence-corrected chi connectivity index (χ2v) is 7.22. The number of aromatic nitrogens is 2. The normalized spacial score (nSPS) is 15.8. The highest BCUT2D eigenvalue weighted by Crippen LogP contribution is 2.30. The van der Waals surface area contributed by atoms with Crippen LogP contribution in [0.15, 0.2) is 71.6 Å². The largest absolute Gasteiger partial charge is 0.348 e. The van der Waals surface area contributed by atoms with Crippen LogP contribution in [0.3, 0.4) is 0 Å². The van der Waals surface area contributed by atoms with E-state index in [9.17, 15) is 18.4 Å². The van der Waals surface area contributed by atoms with Gasteiger partial charge in [-0.25, -0.2) is 13.8 Å². The van der Waals surface area contributed by atoms with Crippen LogP contribution < -0.4 is 10.7 Å². The van der Waals surface area contributed by atoms with Crippen molar-refractivity contribution in [2.75, 3.05) is 0 Å². The number of carbonyl (C=O) groups excluding carboxylic acids is 1. The molecule has 2 aromatic heterocycles. The summed E-state index contributed by atoms with van der Waals surface area (Å²) in [5.74, 6) is -1.35. The van der Waals surface area contributed by atoms with E-state index in [0.717, 1.165) is 0 Å². The lowest BCUT2D eigenvalue weighted by Crippen LogP contribution is -2.28. The molecule has 8 heteroatoms. The van der Waals surface area contributed by atoms with E-state index in [1.54, 1.807) is 16.7 Å². The molecule has 1 amide bonds. The maximum atomic E-state index is 14.5. The van der Waals surface area contributed by atoms with E-state index >= 15 is 0 Å². The fraction of sp³-hybridized carbons (Fsp3) is 0.136. The number of allylic oxidation sites excluding steroid dienone is 4. The zero-order valence-electron chi connectivity index (χ0n) is 15.6. The molecule has 0 saturated carbocycles. The highest BCUT2D eigenvalue weighted by molar-refractivity contribution is 6.29. The van der Waals surface area contributed by atoms with Crippen LogP contribution in [0, 0.1) is 5.82 Å². The molecule has 2 heterocycles. The van der Waals surface area contributed by atoms with Gasteiger partial charge in [0.05, 0.1) is 17.1 Å². The summed E-state index contributed by atoms with van der Waals surface area (Å²) >= 11 is 5.73. The maximum Gasteiger partial charge on any atom is 0.253 e. The summed E-state index contributed by atoms with van der Waals surface area (Å²) in [4.78, 5) is 29.1. The number of halogens is 3. The molecule has 1 aliphatic rings. The van der Waals surface area contributed by atoms with Crippen molar-refractivity contribution >= 4 is 28.4 Å². The van der Waals surface area contributed by atoms with Crippen LogP contribution in [0.1, 0.15) is 28.4 Å². The van der Waals surface area contributed by atoms with Gasteiger partial charge in [-0.2, -0.15) is 0 Å². The second-order valence-electron chi connectivity index (χ2n) is 6.84. The molecular weight excluding hydrogens is 412 g/mol. The molecule has 152 valence electrons. The number of benzene rings is 1. The van der Waals surface area contributed by atoms with E-state index in [0.29, 0.717) is 11.9 Å². The number of carbonyl (C=O) groups is 1. The van der Waals surface area contributed by atoms with E-state index < -0.39 is 23.6 Å². The molecule has 4 rings (SSSR count). The Labute approximate surface area is 175 Å². The van der Waals surface area contributed by atoms with Crippen LogP contribution in [0.5, 0.6) is 0 Å². The Bertz CT molecular complexity index is 1250. The van der Waals surface area contributed by atoms with Gasteiger partial charge in [-0.3, -0.25) is 9.59 Å². The monoisotopic (exact) mass is 427 g/mol. The molecule has 0 spiro atoms. The molecule has 30 heavy (non-hydrogen) atoms. The van der Waals surface area contributed by atoms with Crippen LogP contribution >= 0.6 is 11.6 Å². The molecule has 0 fully saturated rings. The lowest BCUT2D eigenvalue weighted by molar-refractivity contribution is 0.0950. The van der Waals surface area contributed by atoms with Crippen molar-refractivity contribution in [2.24, 2.45) is 0 Å². The Morgan fingerprint density at radius 3 is 2.83 bits per heavy atom. The number of amides is 1. The molecule has 5 nitrogen and oxygen atoms in total. The van der Waals surface area contributed by atoms with Gasteiger partial charge in [-0.05, 0) is 42.8 Å². The zero-order valence-corrected chi connectivity index (χ0v) is 16.4. The molecule has 1 aromatic carbocycles. The molecule has 0 radical (unpaired) electrons. The number of hydrogen-bond acceptors (Lipinski definition) is 3. The average molecular weight is 428 g/mol. The van der Waals surface area contributed by atoms with Crippen LogP contribution in [0.2, 0.25) is 5.15 Å². The first kappa shape index (κ1) is 20.0. The van der Waals surface area contributed by atoms with Crippen molar-refractivity contribution in [3.8, 4) is 0 Å². The summed E-state index contributed by atoms with van der Waals surface area (Å²) in [5.41, 5.74) is 0.480. The summed E-state index contributed by atoms with van der Waals surface area (Å²) < 4.78 is 29.9. The third-order valence-corrected chi connectivity index (χ3v) is 5.13. The van der Waals surface area contributed by atoms with Gasteiger partial charge in [-0.15, -0.1) is 0 Å². The summed E-state index contributed by atoms with van der Waals surface area (Å²) in [7, 11) is 0. The lowest BCUT2D eigenvalue weighted by atomic mass is 10.0. The molecule has 1 unspecified atom stereocenters. The van der Waals surface area contributed by atoms with Gasteiger partial charge >= 0.3 is 0 Å². The first-order valence-corrected chi connectivity index (χ1v) is 9.57. The van der Waals surface area contributed by atoms with Gasteiger partial charge < -0.3 is 9.88 Å². The quantitative estimate of drug-likeness (QED) is 0.625. The standard InChI is InChI=1S/C22H16ClF2N3O2/c23-20-8-5-13(10-26-20)22(30)27-11-14-12-28(18-4-2-1-3-17(18)25)19-9-15(24)6-7-16(19)21(14)29/h1-3,5-10,12,18H,4,11H2,(H,27,30). The van der Waals surface area contributed by atoms with Gasteiger partial charge in [-0.1, -0.05) is 23.8 Å². The minimum absolute atomic E-state index is 0.0818. The van der Waals surface area contributed by atoms with Crippen LogP contribution in [-0.4, -0.2) is 15.5 Å². The molecule has 1 atom stereocenters. The van der Waals surface area contributed by atoms with Crippen molar-refractivity contribution in [1.29, 1.82) is 0 Å².